The molecule has 0 amide bonds. The molecule has 32 heavy (non-hydrogen) atoms. The van der Waals surface area contributed by atoms with Crippen LogP contribution in [0.3, 0.4) is 0 Å². The number of halogens is 1. The van der Waals surface area contributed by atoms with Gasteiger partial charge in [-0.15, -0.1) is 0 Å². The van der Waals surface area contributed by atoms with E-state index in [1.807, 2.05) is 20.8 Å². The number of nitrogens with one attached hydrogen (secondary N) is 3. The molecule has 0 aromatic carbocycles. The minimum Gasteiger partial charge on any atom is -0.496 e. The predicted octanol–water partition coefficient (Wildman–Crippen LogP) is 3.77. The highest BCUT2D eigenvalue weighted by Gasteiger charge is 2.25. The van der Waals surface area contributed by atoms with Crippen molar-refractivity contribution >= 4 is 29.0 Å². The van der Waals surface area contributed by atoms with E-state index in [-0.39, 0.29) is 5.76 Å². The molecular formula is C23H34FN5O2S. The van der Waals surface area contributed by atoms with E-state index >= 15 is 0 Å². The van der Waals surface area contributed by atoms with Crippen LogP contribution in [0.5, 0.6) is 0 Å². The molecule has 1 fully saturated rings. The Morgan fingerprint density at radius 1 is 1.41 bits per heavy atom. The summed E-state index contributed by atoms with van der Waals surface area (Å²) in [6, 6.07) is 3.05. The molecule has 0 bridgehead atoms. The van der Waals surface area contributed by atoms with Gasteiger partial charge in [0.05, 0.1) is 34.7 Å². The van der Waals surface area contributed by atoms with Gasteiger partial charge in [-0.2, -0.15) is 4.39 Å². The van der Waals surface area contributed by atoms with Crippen LogP contribution in [0, 0.1) is 11.9 Å². The zero-order valence-corrected chi connectivity index (χ0v) is 20.2. The Hall–Kier alpha value is -2.52. The van der Waals surface area contributed by atoms with Gasteiger partial charge in [0, 0.05) is 29.1 Å². The summed E-state index contributed by atoms with van der Waals surface area (Å²) in [5.74, 6) is 0.627. The molecule has 0 spiro atoms. The number of pyridine rings is 1. The molecule has 2 rings (SSSR count). The molecule has 0 saturated carbocycles. The van der Waals surface area contributed by atoms with Crippen molar-refractivity contribution < 1.29 is 13.3 Å². The lowest BCUT2D eigenvalue weighted by Gasteiger charge is -2.23. The normalized spacial score (nSPS) is 16.9. The Morgan fingerprint density at radius 2 is 2.09 bits per heavy atom. The Bertz CT molecular complexity index is 902. The van der Waals surface area contributed by atoms with E-state index in [1.165, 1.54) is 19.4 Å². The quantitative estimate of drug-likeness (QED) is 0.212. The lowest BCUT2D eigenvalue weighted by atomic mass is 9.98. The van der Waals surface area contributed by atoms with Crippen molar-refractivity contribution in [1.82, 2.24) is 15.6 Å². The van der Waals surface area contributed by atoms with Gasteiger partial charge in [-0.05, 0) is 65.4 Å². The molecule has 3 N–H and O–H groups in total. The molecule has 1 aliphatic rings. The average Bonchev–Trinajstić information content (AvgIpc) is 2.76. The van der Waals surface area contributed by atoms with Crippen LogP contribution < -0.4 is 16.0 Å². The van der Waals surface area contributed by atoms with Crippen molar-refractivity contribution in [3.63, 3.8) is 0 Å². The summed E-state index contributed by atoms with van der Waals surface area (Å²) in [6.45, 7) is 15.6. The number of nitrogens with zero attached hydrogens (tertiary/aromatic N) is 2. The standard InChI is InChI=1S/C23H34FN5O2S/c1-16(31-6)20(32(30)23(2,3)4)15-27-19(14-25-5)18-11-21(24)29-22(12-18)28-13-17-7-9-26-10-8-17/h11-12,14-15,17,26-27H,1,5,7-10,13H2,2-4,6H3,(H,28,29)/b19-14-,20-15+. The number of hydrogen-bond donors (Lipinski definition) is 3. The maximum atomic E-state index is 14.3. The Balaban J connectivity index is 2.27. The summed E-state index contributed by atoms with van der Waals surface area (Å²) < 4.78 is 31.9. The van der Waals surface area contributed by atoms with Gasteiger partial charge in [-0.25, -0.2) is 4.98 Å². The van der Waals surface area contributed by atoms with E-state index in [2.05, 4.69) is 39.2 Å². The third-order valence-corrected chi connectivity index (χ3v) is 6.85. The topological polar surface area (TPSA) is 87.6 Å². The van der Waals surface area contributed by atoms with Gasteiger partial charge in [0.15, 0.2) is 0 Å². The van der Waals surface area contributed by atoms with Crippen molar-refractivity contribution in [1.29, 1.82) is 0 Å². The van der Waals surface area contributed by atoms with Crippen LogP contribution >= 0.6 is 0 Å². The summed E-state index contributed by atoms with van der Waals surface area (Å²) in [7, 11) is 0.0689. The molecule has 0 aliphatic carbocycles. The SMILES string of the molecule is C=N/C=C(\N/C=C(\C(=C)OC)S(=O)C(C)(C)C)c1cc(F)nc(NCC2CCNCC2)c1. The lowest BCUT2D eigenvalue weighted by molar-refractivity contribution is 0.306. The van der Waals surface area contributed by atoms with Crippen LogP contribution in [-0.2, 0) is 15.5 Å². The third kappa shape index (κ3) is 7.56. The molecule has 1 saturated heterocycles. The van der Waals surface area contributed by atoms with E-state index in [4.69, 9.17) is 4.74 Å². The van der Waals surface area contributed by atoms with Gasteiger partial charge >= 0.3 is 0 Å². The van der Waals surface area contributed by atoms with Crippen molar-refractivity contribution in [2.45, 2.75) is 38.4 Å². The largest absolute Gasteiger partial charge is 0.496 e. The molecule has 1 atom stereocenters. The molecule has 2 heterocycles. The molecule has 1 unspecified atom stereocenters. The van der Waals surface area contributed by atoms with Crippen LogP contribution in [-0.4, -0.2) is 47.4 Å². The minimum absolute atomic E-state index is 0.280. The van der Waals surface area contributed by atoms with Gasteiger partial charge < -0.3 is 20.7 Å². The number of hydrogen-bond acceptors (Lipinski definition) is 7. The second kappa shape index (κ2) is 11.9. The van der Waals surface area contributed by atoms with Crippen molar-refractivity contribution in [2.24, 2.45) is 10.9 Å². The predicted molar refractivity (Wildman–Crippen MR) is 131 cm³/mol. The zero-order valence-electron chi connectivity index (χ0n) is 19.3. The number of rotatable bonds is 10. The summed E-state index contributed by atoms with van der Waals surface area (Å²) >= 11 is 0. The van der Waals surface area contributed by atoms with Crippen LogP contribution in [0.15, 0.2) is 46.8 Å². The summed E-state index contributed by atoms with van der Waals surface area (Å²) in [4.78, 5) is 8.19. The maximum Gasteiger partial charge on any atom is 0.215 e. The maximum absolute atomic E-state index is 14.3. The number of aliphatic imine (C=N–C) groups is 1. The smallest absolute Gasteiger partial charge is 0.215 e. The fourth-order valence-electron chi connectivity index (χ4n) is 3.18. The molecule has 9 heteroatoms. The first-order valence-corrected chi connectivity index (χ1v) is 11.7. The zero-order chi connectivity index (χ0) is 23.7. The molecule has 176 valence electrons. The van der Waals surface area contributed by atoms with E-state index in [9.17, 15) is 8.60 Å². The highest BCUT2D eigenvalue weighted by Crippen LogP contribution is 2.25. The Morgan fingerprint density at radius 3 is 2.69 bits per heavy atom. The van der Waals surface area contributed by atoms with Crippen molar-refractivity contribution in [3.8, 4) is 0 Å². The first-order chi connectivity index (χ1) is 15.2. The van der Waals surface area contributed by atoms with E-state index in [1.54, 1.807) is 12.3 Å². The first kappa shape index (κ1) is 25.7. The second-order valence-corrected chi connectivity index (χ2v) is 10.7. The van der Waals surface area contributed by atoms with Crippen LogP contribution in [0.1, 0.15) is 39.2 Å². The average molecular weight is 464 g/mol. The van der Waals surface area contributed by atoms with E-state index in [0.717, 1.165) is 32.5 Å². The lowest BCUT2D eigenvalue weighted by Crippen LogP contribution is -2.31. The van der Waals surface area contributed by atoms with Gasteiger partial charge in [-0.1, -0.05) is 6.58 Å². The van der Waals surface area contributed by atoms with Gasteiger partial charge in [0.1, 0.15) is 11.6 Å². The van der Waals surface area contributed by atoms with E-state index < -0.39 is 21.5 Å². The van der Waals surface area contributed by atoms with Gasteiger partial charge in [0.25, 0.3) is 0 Å². The van der Waals surface area contributed by atoms with Crippen LogP contribution in [0.2, 0.25) is 0 Å². The van der Waals surface area contributed by atoms with Crippen LogP contribution in [0.25, 0.3) is 5.70 Å². The van der Waals surface area contributed by atoms with E-state index in [0.29, 0.717) is 27.9 Å². The van der Waals surface area contributed by atoms with Crippen molar-refractivity contribution in [3.05, 3.63) is 53.3 Å². The van der Waals surface area contributed by atoms with Gasteiger partial charge in [0.2, 0.25) is 5.95 Å². The number of anilines is 1. The summed E-state index contributed by atoms with van der Waals surface area (Å²) in [5, 5.41) is 9.65. The minimum atomic E-state index is -1.40. The second-order valence-electron chi connectivity index (χ2n) is 8.52. The molecule has 1 aromatic heterocycles. The molecule has 1 aromatic rings. The highest BCUT2D eigenvalue weighted by molar-refractivity contribution is 7.90. The Labute approximate surface area is 192 Å². The fraction of sp³-hybridized carbons (Fsp3) is 0.478. The molecule has 1 aliphatic heterocycles. The Kier molecular flexibility index (Phi) is 9.59. The van der Waals surface area contributed by atoms with Crippen molar-refractivity contribution in [2.75, 3.05) is 32.1 Å². The molecular weight excluding hydrogens is 429 g/mol. The number of methoxy groups -OCH3 is 1. The molecule has 0 radical (unpaired) electrons. The third-order valence-electron chi connectivity index (χ3n) is 4.99. The number of piperidine rings is 1. The number of ether oxygens (including phenoxy) is 1. The van der Waals surface area contributed by atoms with Crippen LogP contribution in [0.4, 0.5) is 10.2 Å². The highest BCUT2D eigenvalue weighted by atomic mass is 32.2. The summed E-state index contributed by atoms with van der Waals surface area (Å²) in [6.07, 6.45) is 5.16. The fourth-order valence-corrected chi connectivity index (χ4v) is 4.29. The van der Waals surface area contributed by atoms with Gasteiger partial charge in [-0.3, -0.25) is 9.20 Å². The first-order valence-electron chi connectivity index (χ1n) is 10.6. The number of aromatic nitrogens is 1. The summed E-state index contributed by atoms with van der Waals surface area (Å²) in [5.41, 5.74) is 0.997. The molecule has 7 nitrogen and oxygen atoms in total. The monoisotopic (exact) mass is 463 g/mol.